The molecule has 3 heteroatoms. The summed E-state index contributed by atoms with van der Waals surface area (Å²) in [5.74, 6) is 2.41. The molecule has 1 rings (SSSR count). The maximum atomic E-state index is 9.39. The average molecular weight is 178 g/mol. The summed E-state index contributed by atoms with van der Waals surface area (Å²) in [6, 6.07) is 0. The first kappa shape index (κ1) is 8.75. The van der Waals surface area contributed by atoms with Crippen molar-refractivity contribution in [1.29, 1.82) is 0 Å². The maximum Gasteiger partial charge on any atom is 0.0837 e. The normalized spacial score (nSPS) is 27.9. The van der Waals surface area contributed by atoms with Gasteiger partial charge in [0.2, 0.25) is 0 Å². The predicted molar refractivity (Wildman–Crippen MR) is 49.6 cm³/mol. The molecule has 0 aromatic carbocycles. The van der Waals surface area contributed by atoms with Crippen LogP contribution in [0.5, 0.6) is 0 Å². The highest BCUT2D eigenvalue weighted by molar-refractivity contribution is 8.18. The van der Waals surface area contributed by atoms with E-state index in [0.29, 0.717) is 0 Å². The Bertz CT molecular complexity index is 108. The number of thioether (sulfide) groups is 2. The molecule has 1 atom stereocenters. The van der Waals surface area contributed by atoms with Gasteiger partial charge >= 0.3 is 0 Å². The Morgan fingerprint density at radius 1 is 1.40 bits per heavy atom. The third-order valence-corrected chi connectivity index (χ3v) is 5.35. The van der Waals surface area contributed by atoms with Crippen LogP contribution in [0.1, 0.15) is 20.3 Å². The Hall–Kier alpha value is 0.660. The molecule has 0 aliphatic carbocycles. The van der Waals surface area contributed by atoms with Crippen molar-refractivity contribution >= 4 is 23.5 Å². The highest BCUT2D eigenvalue weighted by atomic mass is 32.2. The van der Waals surface area contributed by atoms with Gasteiger partial charge in [0.15, 0.2) is 0 Å². The van der Waals surface area contributed by atoms with Crippen LogP contribution in [0.15, 0.2) is 0 Å². The van der Waals surface area contributed by atoms with Crippen molar-refractivity contribution in [2.24, 2.45) is 0 Å². The van der Waals surface area contributed by atoms with Crippen LogP contribution in [0.3, 0.4) is 0 Å². The quantitative estimate of drug-likeness (QED) is 0.663. The summed E-state index contributed by atoms with van der Waals surface area (Å²) in [7, 11) is 0. The molecule has 1 N–H and O–H groups in total. The van der Waals surface area contributed by atoms with Crippen LogP contribution in [0, 0.1) is 0 Å². The summed E-state index contributed by atoms with van der Waals surface area (Å²) in [6.45, 7) is 4.01. The van der Waals surface area contributed by atoms with E-state index in [0.717, 1.165) is 0 Å². The standard InChI is InChI=1S/C7H14OS2/c1-6(8)7(2)9-4-3-5-10-7/h6,8H,3-5H2,1-2H3. The minimum atomic E-state index is -0.192. The Balaban J connectivity index is 2.48. The zero-order valence-electron chi connectivity index (χ0n) is 6.46. The van der Waals surface area contributed by atoms with Crippen LogP contribution in [0.2, 0.25) is 0 Å². The van der Waals surface area contributed by atoms with Crippen LogP contribution in [-0.4, -0.2) is 26.8 Å². The molecule has 0 spiro atoms. The maximum absolute atomic E-state index is 9.39. The van der Waals surface area contributed by atoms with Crippen molar-refractivity contribution in [1.82, 2.24) is 0 Å². The first-order valence-electron chi connectivity index (χ1n) is 3.61. The van der Waals surface area contributed by atoms with E-state index in [2.05, 4.69) is 6.92 Å². The Labute approximate surface area is 71.0 Å². The zero-order valence-corrected chi connectivity index (χ0v) is 8.10. The van der Waals surface area contributed by atoms with Crippen molar-refractivity contribution < 1.29 is 5.11 Å². The molecule has 0 amide bonds. The molecule has 1 aliphatic heterocycles. The molecule has 0 aromatic rings. The van der Waals surface area contributed by atoms with E-state index in [4.69, 9.17) is 0 Å². The van der Waals surface area contributed by atoms with Crippen molar-refractivity contribution in [2.45, 2.75) is 30.5 Å². The lowest BCUT2D eigenvalue weighted by Crippen LogP contribution is -2.33. The molecular formula is C7H14OS2. The average Bonchev–Trinajstić information content (AvgIpc) is 1.89. The minimum Gasteiger partial charge on any atom is -0.391 e. The number of hydrogen-bond acceptors (Lipinski definition) is 3. The summed E-state index contributed by atoms with van der Waals surface area (Å²) in [5.41, 5.74) is 0. The largest absolute Gasteiger partial charge is 0.391 e. The third-order valence-electron chi connectivity index (χ3n) is 1.82. The topological polar surface area (TPSA) is 20.2 Å². The van der Waals surface area contributed by atoms with Gasteiger partial charge in [0, 0.05) is 0 Å². The fraction of sp³-hybridized carbons (Fsp3) is 1.00. The van der Waals surface area contributed by atoms with Crippen molar-refractivity contribution in [2.75, 3.05) is 11.5 Å². The molecule has 10 heavy (non-hydrogen) atoms. The monoisotopic (exact) mass is 178 g/mol. The smallest absolute Gasteiger partial charge is 0.0837 e. The fourth-order valence-corrected chi connectivity index (χ4v) is 3.78. The second-order valence-electron chi connectivity index (χ2n) is 2.74. The minimum absolute atomic E-state index is 0.0677. The van der Waals surface area contributed by atoms with Crippen molar-refractivity contribution in [3.63, 3.8) is 0 Å². The van der Waals surface area contributed by atoms with E-state index in [1.54, 1.807) is 0 Å². The van der Waals surface area contributed by atoms with Gasteiger partial charge in [-0.2, -0.15) is 0 Å². The highest BCUT2D eigenvalue weighted by Crippen LogP contribution is 2.43. The molecule has 60 valence electrons. The van der Waals surface area contributed by atoms with Gasteiger partial charge in [-0.25, -0.2) is 0 Å². The molecule has 0 saturated carbocycles. The van der Waals surface area contributed by atoms with Gasteiger partial charge in [0.25, 0.3) is 0 Å². The molecule has 1 saturated heterocycles. The highest BCUT2D eigenvalue weighted by Gasteiger charge is 2.32. The molecule has 1 heterocycles. The second-order valence-corrected chi connectivity index (χ2v) is 6.09. The first-order chi connectivity index (χ1) is 4.65. The fourth-order valence-electron chi connectivity index (χ4n) is 0.891. The SMILES string of the molecule is CC(O)C1(C)SCCCS1. The molecule has 1 unspecified atom stereocenters. The van der Waals surface area contributed by atoms with E-state index in [1.165, 1.54) is 17.9 Å². The van der Waals surface area contributed by atoms with E-state index < -0.39 is 0 Å². The lowest BCUT2D eigenvalue weighted by molar-refractivity contribution is 0.186. The molecule has 0 radical (unpaired) electrons. The molecular weight excluding hydrogens is 164 g/mol. The lowest BCUT2D eigenvalue weighted by Gasteiger charge is -2.34. The first-order valence-corrected chi connectivity index (χ1v) is 5.58. The van der Waals surface area contributed by atoms with Crippen LogP contribution >= 0.6 is 23.5 Å². The van der Waals surface area contributed by atoms with Crippen LogP contribution in [0.25, 0.3) is 0 Å². The van der Waals surface area contributed by atoms with Gasteiger partial charge in [-0.1, -0.05) is 0 Å². The summed E-state index contributed by atoms with van der Waals surface area (Å²) in [4.78, 5) is 0. The summed E-state index contributed by atoms with van der Waals surface area (Å²) < 4.78 is 0.0677. The zero-order chi connectivity index (χ0) is 7.61. The van der Waals surface area contributed by atoms with Crippen molar-refractivity contribution in [3.05, 3.63) is 0 Å². The third kappa shape index (κ3) is 1.83. The van der Waals surface area contributed by atoms with Gasteiger partial charge in [0.05, 0.1) is 10.2 Å². The predicted octanol–water partition coefficient (Wildman–Crippen LogP) is 1.95. The van der Waals surface area contributed by atoms with E-state index >= 15 is 0 Å². The molecule has 1 aliphatic rings. The van der Waals surface area contributed by atoms with Crippen LogP contribution in [-0.2, 0) is 0 Å². The van der Waals surface area contributed by atoms with Crippen molar-refractivity contribution in [3.8, 4) is 0 Å². The summed E-state index contributed by atoms with van der Waals surface area (Å²) >= 11 is 3.77. The van der Waals surface area contributed by atoms with Gasteiger partial charge in [0.1, 0.15) is 0 Å². The number of aliphatic hydroxyl groups excluding tert-OH is 1. The van der Waals surface area contributed by atoms with E-state index in [-0.39, 0.29) is 10.2 Å². The Morgan fingerprint density at radius 2 is 1.90 bits per heavy atom. The van der Waals surface area contributed by atoms with Gasteiger partial charge in [-0.15, -0.1) is 23.5 Å². The Kier molecular flexibility index (Phi) is 2.95. The molecule has 0 bridgehead atoms. The number of rotatable bonds is 1. The number of hydrogen-bond donors (Lipinski definition) is 1. The van der Waals surface area contributed by atoms with E-state index in [1.807, 2.05) is 30.4 Å². The second kappa shape index (κ2) is 3.37. The van der Waals surface area contributed by atoms with E-state index in [9.17, 15) is 5.11 Å². The van der Waals surface area contributed by atoms with Gasteiger partial charge < -0.3 is 5.11 Å². The van der Waals surface area contributed by atoms with Crippen LogP contribution in [0.4, 0.5) is 0 Å². The molecule has 1 nitrogen and oxygen atoms in total. The number of aliphatic hydroxyl groups is 1. The summed E-state index contributed by atoms with van der Waals surface area (Å²) in [6.07, 6.45) is 1.10. The lowest BCUT2D eigenvalue weighted by atomic mass is 10.3. The summed E-state index contributed by atoms with van der Waals surface area (Å²) in [5, 5.41) is 9.39. The van der Waals surface area contributed by atoms with Gasteiger partial charge in [-0.05, 0) is 31.8 Å². The van der Waals surface area contributed by atoms with Crippen LogP contribution < -0.4 is 0 Å². The van der Waals surface area contributed by atoms with Gasteiger partial charge in [-0.3, -0.25) is 0 Å². The Morgan fingerprint density at radius 3 is 2.20 bits per heavy atom. The molecule has 1 fully saturated rings. The molecule has 0 aromatic heterocycles.